The molecule has 0 bridgehead atoms. The van der Waals surface area contributed by atoms with E-state index in [4.69, 9.17) is 14.2 Å². The van der Waals surface area contributed by atoms with Gasteiger partial charge in [0, 0.05) is 19.3 Å². The Hall–Kier alpha value is -1.59. The van der Waals surface area contributed by atoms with E-state index in [9.17, 15) is 14.4 Å². The first-order chi connectivity index (χ1) is 35.4. The third-order valence-electron chi connectivity index (χ3n) is 15.3. The van der Waals surface area contributed by atoms with Crippen LogP contribution in [-0.4, -0.2) is 37.2 Å². The molecule has 0 aromatic carbocycles. The van der Waals surface area contributed by atoms with Gasteiger partial charge in [0.2, 0.25) is 0 Å². The lowest BCUT2D eigenvalue weighted by Gasteiger charge is -2.18. The van der Waals surface area contributed by atoms with Gasteiger partial charge in [0.25, 0.3) is 0 Å². The normalized spacial score (nSPS) is 12.0. The zero-order valence-electron chi connectivity index (χ0n) is 49.4. The van der Waals surface area contributed by atoms with Crippen molar-refractivity contribution in [3.8, 4) is 0 Å². The predicted molar refractivity (Wildman–Crippen MR) is 312 cm³/mol. The molecule has 0 radical (unpaired) electrons. The Balaban J connectivity index is 4.28. The van der Waals surface area contributed by atoms with Crippen LogP contribution in [0.2, 0.25) is 0 Å². The van der Waals surface area contributed by atoms with Crippen LogP contribution >= 0.6 is 0 Å². The molecule has 72 heavy (non-hydrogen) atoms. The number of carbonyl (C=O) groups is 3. The first-order valence-electron chi connectivity index (χ1n) is 32.9. The lowest BCUT2D eigenvalue weighted by Crippen LogP contribution is -2.30. The molecule has 0 aliphatic carbocycles. The number of esters is 3. The Bertz CT molecular complexity index is 1090. The van der Waals surface area contributed by atoms with Crippen molar-refractivity contribution in [1.82, 2.24) is 0 Å². The van der Waals surface area contributed by atoms with Gasteiger partial charge < -0.3 is 14.2 Å². The molecule has 428 valence electrons. The van der Waals surface area contributed by atoms with E-state index < -0.39 is 6.10 Å². The van der Waals surface area contributed by atoms with Crippen LogP contribution in [0.4, 0.5) is 0 Å². The summed E-state index contributed by atoms with van der Waals surface area (Å²) in [5, 5.41) is 0. The van der Waals surface area contributed by atoms with Gasteiger partial charge in [-0.1, -0.05) is 342 Å². The van der Waals surface area contributed by atoms with Gasteiger partial charge in [-0.2, -0.15) is 0 Å². The van der Waals surface area contributed by atoms with Crippen molar-refractivity contribution < 1.29 is 28.6 Å². The highest BCUT2D eigenvalue weighted by Gasteiger charge is 2.19. The predicted octanol–water partition coefficient (Wildman–Crippen LogP) is 22.1. The first-order valence-corrected chi connectivity index (χ1v) is 32.9. The number of hydrogen-bond donors (Lipinski definition) is 0. The van der Waals surface area contributed by atoms with Crippen LogP contribution in [-0.2, 0) is 28.6 Å². The maximum atomic E-state index is 12.9. The van der Waals surface area contributed by atoms with Crippen molar-refractivity contribution in [3.05, 3.63) is 0 Å². The summed E-state index contributed by atoms with van der Waals surface area (Å²) in [7, 11) is 0. The fourth-order valence-electron chi connectivity index (χ4n) is 10.3. The van der Waals surface area contributed by atoms with Crippen LogP contribution in [0.25, 0.3) is 0 Å². The summed E-state index contributed by atoms with van der Waals surface area (Å²) in [6.45, 7) is 9.10. The van der Waals surface area contributed by atoms with E-state index in [0.717, 1.165) is 63.7 Å². The largest absolute Gasteiger partial charge is 0.462 e. The zero-order chi connectivity index (χ0) is 52.3. The van der Waals surface area contributed by atoms with E-state index in [1.807, 2.05) is 0 Å². The molecule has 0 saturated heterocycles. The van der Waals surface area contributed by atoms with E-state index >= 15 is 0 Å². The summed E-state index contributed by atoms with van der Waals surface area (Å²) >= 11 is 0. The second kappa shape index (κ2) is 60.3. The molecule has 6 heteroatoms. The number of rotatable bonds is 61. The van der Waals surface area contributed by atoms with Gasteiger partial charge in [0.15, 0.2) is 6.10 Å². The minimum atomic E-state index is -0.763. The number of unbranched alkanes of at least 4 members (excludes halogenated alkanes) is 48. The summed E-state index contributed by atoms with van der Waals surface area (Å²) in [5.74, 6) is 0.0241. The summed E-state index contributed by atoms with van der Waals surface area (Å²) in [6.07, 6.45) is 68.2. The highest BCUT2D eigenvalue weighted by molar-refractivity contribution is 5.71. The second-order valence-corrected chi connectivity index (χ2v) is 23.2. The standard InChI is InChI=1S/C66H128O6/c1-5-7-9-11-13-15-17-19-21-23-24-26-30-35-39-43-47-51-55-59-66(69)72-63(60-70-64(67)57-53-49-45-41-37-33-29-25-22-20-18-16-14-12-10-8-6-2)61-71-65(68)58-54-50-46-42-38-34-31-27-28-32-36-40-44-48-52-56-62(3)4/h62-63H,5-61H2,1-4H3/t63-/m0/s1. The third-order valence-corrected chi connectivity index (χ3v) is 15.3. The molecule has 0 N–H and O–H groups in total. The molecule has 0 saturated carbocycles. The molecular formula is C66H128O6. The van der Waals surface area contributed by atoms with Crippen molar-refractivity contribution in [3.63, 3.8) is 0 Å². The maximum absolute atomic E-state index is 12.9. The molecule has 0 aliphatic rings. The molecule has 0 heterocycles. The Morgan fingerprint density at radius 1 is 0.264 bits per heavy atom. The van der Waals surface area contributed by atoms with Crippen LogP contribution in [0.15, 0.2) is 0 Å². The summed E-state index contributed by atoms with van der Waals surface area (Å²) in [5.41, 5.74) is 0. The van der Waals surface area contributed by atoms with Gasteiger partial charge in [-0.05, 0) is 25.2 Å². The lowest BCUT2D eigenvalue weighted by atomic mass is 10.0. The Morgan fingerprint density at radius 2 is 0.458 bits per heavy atom. The maximum Gasteiger partial charge on any atom is 0.306 e. The van der Waals surface area contributed by atoms with Gasteiger partial charge in [-0.25, -0.2) is 0 Å². The molecule has 0 amide bonds. The molecular weight excluding hydrogens is 889 g/mol. The van der Waals surface area contributed by atoms with Crippen LogP contribution < -0.4 is 0 Å². The molecule has 0 unspecified atom stereocenters. The Kier molecular flexibility index (Phi) is 58.9. The van der Waals surface area contributed by atoms with Gasteiger partial charge in [-0.3, -0.25) is 14.4 Å². The van der Waals surface area contributed by atoms with Gasteiger partial charge in [0.05, 0.1) is 0 Å². The highest BCUT2D eigenvalue weighted by Crippen LogP contribution is 2.19. The SMILES string of the molecule is CCCCCCCCCCCCCCCCCCCCCC(=O)O[C@@H](COC(=O)CCCCCCCCCCCCCCCCCCC)COC(=O)CCCCCCCCCCCCCCCCCC(C)C. The number of ether oxygens (including phenoxy) is 3. The quantitative estimate of drug-likeness (QED) is 0.0343. The minimum Gasteiger partial charge on any atom is -0.462 e. The van der Waals surface area contributed by atoms with Gasteiger partial charge >= 0.3 is 17.9 Å². The average Bonchev–Trinajstić information content (AvgIpc) is 3.37. The Labute approximate surface area is 450 Å². The molecule has 6 nitrogen and oxygen atoms in total. The van der Waals surface area contributed by atoms with Crippen molar-refractivity contribution in [2.45, 2.75) is 387 Å². The van der Waals surface area contributed by atoms with Gasteiger partial charge in [-0.15, -0.1) is 0 Å². The second-order valence-electron chi connectivity index (χ2n) is 23.2. The Morgan fingerprint density at radius 3 is 0.681 bits per heavy atom. The molecule has 0 aromatic heterocycles. The van der Waals surface area contributed by atoms with Crippen molar-refractivity contribution in [1.29, 1.82) is 0 Å². The van der Waals surface area contributed by atoms with Crippen LogP contribution in [0, 0.1) is 5.92 Å². The van der Waals surface area contributed by atoms with Crippen LogP contribution in [0.3, 0.4) is 0 Å². The molecule has 0 rings (SSSR count). The van der Waals surface area contributed by atoms with E-state index in [2.05, 4.69) is 27.7 Å². The fraction of sp³-hybridized carbons (Fsp3) is 0.955. The molecule has 0 aliphatic heterocycles. The van der Waals surface area contributed by atoms with Gasteiger partial charge in [0.1, 0.15) is 13.2 Å². The highest BCUT2D eigenvalue weighted by atomic mass is 16.6. The van der Waals surface area contributed by atoms with Crippen LogP contribution in [0.5, 0.6) is 0 Å². The number of hydrogen-bond acceptors (Lipinski definition) is 6. The van der Waals surface area contributed by atoms with E-state index in [0.29, 0.717) is 19.3 Å². The average molecular weight is 1020 g/mol. The van der Waals surface area contributed by atoms with Crippen molar-refractivity contribution in [2.24, 2.45) is 5.92 Å². The third kappa shape index (κ3) is 59.3. The first kappa shape index (κ1) is 70.4. The zero-order valence-corrected chi connectivity index (χ0v) is 49.4. The van der Waals surface area contributed by atoms with E-state index in [1.54, 1.807) is 0 Å². The monoisotopic (exact) mass is 1020 g/mol. The smallest absolute Gasteiger partial charge is 0.306 e. The summed E-state index contributed by atoms with van der Waals surface area (Å²) in [4.78, 5) is 38.4. The van der Waals surface area contributed by atoms with Crippen molar-refractivity contribution in [2.75, 3.05) is 13.2 Å². The molecule has 1 atom stereocenters. The van der Waals surface area contributed by atoms with Crippen molar-refractivity contribution >= 4 is 17.9 Å². The minimum absolute atomic E-state index is 0.0609. The topological polar surface area (TPSA) is 78.9 Å². The summed E-state index contributed by atoms with van der Waals surface area (Å²) < 4.78 is 17.0. The lowest BCUT2D eigenvalue weighted by molar-refractivity contribution is -0.167. The molecule has 0 fully saturated rings. The van der Waals surface area contributed by atoms with E-state index in [1.165, 1.54) is 276 Å². The number of carbonyl (C=O) groups excluding carboxylic acids is 3. The molecule has 0 spiro atoms. The fourth-order valence-corrected chi connectivity index (χ4v) is 10.3. The van der Waals surface area contributed by atoms with E-state index in [-0.39, 0.29) is 31.1 Å². The molecule has 0 aromatic rings. The van der Waals surface area contributed by atoms with Crippen LogP contribution in [0.1, 0.15) is 381 Å². The summed E-state index contributed by atoms with van der Waals surface area (Å²) in [6, 6.07) is 0.